The molecule has 5 rings (SSSR count). The summed E-state index contributed by atoms with van der Waals surface area (Å²) >= 11 is 1.85. The van der Waals surface area contributed by atoms with Crippen LogP contribution in [0.25, 0.3) is 10.2 Å². The number of nitrogens with zero attached hydrogens (tertiary/aromatic N) is 2. The van der Waals surface area contributed by atoms with Gasteiger partial charge in [-0.05, 0) is 56.2 Å². The summed E-state index contributed by atoms with van der Waals surface area (Å²) in [5.41, 5.74) is 1.48. The molecule has 6 heteroatoms. The number of furan rings is 1. The number of rotatable bonds is 5. The Bertz CT molecular complexity index is 883. The van der Waals surface area contributed by atoms with Gasteiger partial charge in [-0.15, -0.1) is 11.3 Å². The molecule has 1 atom stereocenters. The van der Waals surface area contributed by atoms with Crippen LogP contribution < -0.4 is 10.2 Å². The fraction of sp³-hybridized carbons (Fsp3) is 0.500. The zero-order valence-electron chi connectivity index (χ0n) is 15.0. The SMILES string of the molecule is c1coc([C@@H](CNc2ncnc3sc4c(c23)CCC4)[NH+]2CCCCC2)c1. The Hall–Kier alpha value is -1.92. The number of anilines is 1. The normalized spacial score (nSPS) is 18.9. The Kier molecular flexibility index (Phi) is 4.38. The van der Waals surface area contributed by atoms with Gasteiger partial charge in [-0.1, -0.05) is 0 Å². The maximum Gasteiger partial charge on any atom is 0.163 e. The summed E-state index contributed by atoms with van der Waals surface area (Å²) in [5, 5.41) is 4.92. The number of thiophene rings is 1. The fourth-order valence-electron chi connectivity index (χ4n) is 4.55. The third-order valence-electron chi connectivity index (χ3n) is 5.85. The molecule has 1 fully saturated rings. The average Bonchev–Trinajstić information content (AvgIpc) is 3.40. The largest absolute Gasteiger partial charge is 0.463 e. The highest BCUT2D eigenvalue weighted by Gasteiger charge is 2.29. The van der Waals surface area contributed by atoms with E-state index >= 15 is 0 Å². The molecule has 0 unspecified atom stereocenters. The van der Waals surface area contributed by atoms with Gasteiger partial charge in [0.25, 0.3) is 0 Å². The van der Waals surface area contributed by atoms with Crippen LogP contribution in [0.1, 0.15) is 47.9 Å². The minimum Gasteiger partial charge on any atom is -0.463 e. The van der Waals surface area contributed by atoms with Gasteiger partial charge in [0.05, 0.1) is 31.3 Å². The quantitative estimate of drug-likeness (QED) is 0.726. The molecule has 0 bridgehead atoms. The predicted octanol–water partition coefficient (Wildman–Crippen LogP) is 3.00. The van der Waals surface area contributed by atoms with Crippen molar-refractivity contribution in [2.75, 3.05) is 25.0 Å². The van der Waals surface area contributed by atoms with Crippen LogP contribution in [-0.4, -0.2) is 29.6 Å². The zero-order valence-corrected chi connectivity index (χ0v) is 15.8. The maximum absolute atomic E-state index is 5.79. The highest BCUT2D eigenvalue weighted by Crippen LogP contribution is 2.39. The van der Waals surface area contributed by atoms with Gasteiger partial charge >= 0.3 is 0 Å². The van der Waals surface area contributed by atoms with Crippen LogP contribution in [0, 0.1) is 0 Å². The van der Waals surface area contributed by atoms with Crippen LogP contribution >= 0.6 is 11.3 Å². The van der Waals surface area contributed by atoms with E-state index < -0.39 is 0 Å². The van der Waals surface area contributed by atoms with Gasteiger partial charge in [0, 0.05) is 4.88 Å². The molecule has 0 saturated carbocycles. The van der Waals surface area contributed by atoms with E-state index in [0.717, 1.165) is 29.4 Å². The Morgan fingerprint density at radius 2 is 2.08 bits per heavy atom. The van der Waals surface area contributed by atoms with Gasteiger partial charge in [-0.2, -0.15) is 0 Å². The second kappa shape index (κ2) is 7.00. The highest BCUT2D eigenvalue weighted by atomic mass is 32.1. The number of likely N-dealkylation sites (tertiary alicyclic amines) is 1. The summed E-state index contributed by atoms with van der Waals surface area (Å²) in [6.07, 6.45) is 11.1. The van der Waals surface area contributed by atoms with Crippen molar-refractivity contribution in [2.24, 2.45) is 0 Å². The first kappa shape index (κ1) is 16.3. The van der Waals surface area contributed by atoms with Crippen LogP contribution in [0.15, 0.2) is 29.1 Å². The van der Waals surface area contributed by atoms with Crippen molar-refractivity contribution in [1.29, 1.82) is 0 Å². The number of aryl methyl sites for hydroxylation is 2. The average molecular weight is 370 g/mol. The van der Waals surface area contributed by atoms with E-state index in [1.807, 2.05) is 17.4 Å². The van der Waals surface area contributed by atoms with E-state index in [1.54, 1.807) is 17.5 Å². The van der Waals surface area contributed by atoms with E-state index in [2.05, 4.69) is 21.4 Å². The molecular formula is C20H25N4OS+. The molecule has 0 spiro atoms. The molecular weight excluding hydrogens is 344 g/mol. The minimum absolute atomic E-state index is 0.335. The smallest absolute Gasteiger partial charge is 0.163 e. The van der Waals surface area contributed by atoms with Gasteiger partial charge in [0.15, 0.2) is 11.8 Å². The first-order chi connectivity index (χ1) is 12.9. The Morgan fingerprint density at radius 3 is 2.92 bits per heavy atom. The predicted molar refractivity (Wildman–Crippen MR) is 104 cm³/mol. The third-order valence-corrected chi connectivity index (χ3v) is 7.05. The van der Waals surface area contributed by atoms with Crippen molar-refractivity contribution in [3.63, 3.8) is 0 Å². The molecule has 4 heterocycles. The molecule has 2 N–H and O–H groups in total. The second-order valence-electron chi connectivity index (χ2n) is 7.43. The number of aromatic nitrogens is 2. The van der Waals surface area contributed by atoms with Gasteiger partial charge in [-0.3, -0.25) is 0 Å². The van der Waals surface area contributed by atoms with Crippen LogP contribution in [0.3, 0.4) is 0 Å². The summed E-state index contributed by atoms with van der Waals surface area (Å²) in [6, 6.07) is 4.45. The number of fused-ring (bicyclic) bond motifs is 3. The molecule has 1 aliphatic carbocycles. The summed E-state index contributed by atoms with van der Waals surface area (Å²) < 4.78 is 5.79. The van der Waals surface area contributed by atoms with E-state index in [4.69, 9.17) is 4.42 Å². The Morgan fingerprint density at radius 1 is 1.15 bits per heavy atom. The van der Waals surface area contributed by atoms with Crippen molar-refractivity contribution in [3.8, 4) is 0 Å². The highest BCUT2D eigenvalue weighted by molar-refractivity contribution is 7.19. The zero-order chi connectivity index (χ0) is 17.3. The minimum atomic E-state index is 0.335. The number of piperidine rings is 1. The molecule has 136 valence electrons. The molecule has 3 aromatic rings. The lowest BCUT2D eigenvalue weighted by molar-refractivity contribution is -0.935. The van der Waals surface area contributed by atoms with Crippen LogP contribution in [0.4, 0.5) is 5.82 Å². The number of nitrogens with one attached hydrogen (secondary N) is 2. The fourth-order valence-corrected chi connectivity index (χ4v) is 5.78. The van der Waals surface area contributed by atoms with Gasteiger partial charge in [0.2, 0.25) is 0 Å². The lowest BCUT2D eigenvalue weighted by Crippen LogP contribution is -3.13. The summed E-state index contributed by atoms with van der Waals surface area (Å²) in [5.74, 6) is 2.08. The molecule has 2 aliphatic rings. The standard InChI is InChI=1S/C20H24N4OS/c1-2-9-24(10-3-1)15(16-7-5-11-25-16)12-21-19-18-14-6-4-8-17(14)26-20(18)23-13-22-19/h5,7,11,13,15H,1-4,6,8-10,12H2,(H,21,22,23)/p+1/t15-/m1/s1. The Labute approximate surface area is 157 Å². The van der Waals surface area contributed by atoms with Crippen LogP contribution in [-0.2, 0) is 12.8 Å². The summed E-state index contributed by atoms with van der Waals surface area (Å²) in [7, 11) is 0. The number of hydrogen-bond acceptors (Lipinski definition) is 5. The summed E-state index contributed by atoms with van der Waals surface area (Å²) in [4.78, 5) is 13.4. The molecule has 0 aromatic carbocycles. The first-order valence-corrected chi connectivity index (χ1v) is 10.6. The van der Waals surface area contributed by atoms with E-state index in [-0.39, 0.29) is 0 Å². The van der Waals surface area contributed by atoms with E-state index in [9.17, 15) is 0 Å². The monoisotopic (exact) mass is 369 g/mol. The van der Waals surface area contributed by atoms with Gasteiger partial charge in [-0.25, -0.2) is 9.97 Å². The summed E-state index contributed by atoms with van der Waals surface area (Å²) in [6.45, 7) is 3.29. The number of hydrogen-bond donors (Lipinski definition) is 2. The van der Waals surface area contributed by atoms with Crippen molar-refractivity contribution >= 4 is 27.4 Å². The molecule has 5 nitrogen and oxygen atoms in total. The number of quaternary nitrogens is 1. The maximum atomic E-state index is 5.79. The van der Waals surface area contributed by atoms with Gasteiger partial charge in [0.1, 0.15) is 17.0 Å². The Balaban J connectivity index is 1.42. The molecule has 26 heavy (non-hydrogen) atoms. The van der Waals surface area contributed by atoms with Crippen LogP contribution in [0.5, 0.6) is 0 Å². The molecule has 0 amide bonds. The molecule has 0 radical (unpaired) electrons. The third kappa shape index (κ3) is 2.91. The molecule has 3 aromatic heterocycles. The lowest BCUT2D eigenvalue weighted by atomic mass is 10.1. The topological polar surface area (TPSA) is 55.4 Å². The molecule has 1 saturated heterocycles. The first-order valence-electron chi connectivity index (χ1n) is 9.77. The second-order valence-corrected chi connectivity index (χ2v) is 8.51. The lowest BCUT2D eigenvalue weighted by Gasteiger charge is -2.30. The van der Waals surface area contributed by atoms with Crippen molar-refractivity contribution in [3.05, 3.63) is 40.9 Å². The van der Waals surface area contributed by atoms with Crippen molar-refractivity contribution < 1.29 is 9.32 Å². The molecule has 1 aliphatic heterocycles. The van der Waals surface area contributed by atoms with Crippen molar-refractivity contribution in [1.82, 2.24) is 9.97 Å². The van der Waals surface area contributed by atoms with Gasteiger partial charge < -0.3 is 14.6 Å². The van der Waals surface area contributed by atoms with E-state index in [0.29, 0.717) is 6.04 Å². The van der Waals surface area contributed by atoms with Crippen LogP contribution in [0.2, 0.25) is 0 Å². The van der Waals surface area contributed by atoms with Crippen molar-refractivity contribution in [2.45, 2.75) is 44.6 Å². The van der Waals surface area contributed by atoms with E-state index in [1.165, 1.54) is 61.0 Å².